The van der Waals surface area contributed by atoms with Crippen molar-refractivity contribution in [2.45, 2.75) is 19.4 Å². The van der Waals surface area contributed by atoms with Crippen molar-refractivity contribution in [2.75, 3.05) is 59.0 Å². The third kappa shape index (κ3) is 5.20. The molecule has 194 valence electrons. The van der Waals surface area contributed by atoms with Gasteiger partial charge in [-0.2, -0.15) is 5.10 Å². The van der Waals surface area contributed by atoms with Crippen molar-refractivity contribution in [3.8, 4) is 17.2 Å². The van der Waals surface area contributed by atoms with E-state index in [1.54, 1.807) is 44.3 Å². The van der Waals surface area contributed by atoms with Crippen LogP contribution < -0.4 is 24.7 Å². The average Bonchev–Trinajstić information content (AvgIpc) is 2.95. The van der Waals surface area contributed by atoms with E-state index in [0.717, 1.165) is 56.7 Å². The second kappa shape index (κ2) is 11.1. The first-order valence-corrected chi connectivity index (χ1v) is 12.8. The maximum atomic E-state index is 13.0. The molecule has 0 saturated carbocycles. The summed E-state index contributed by atoms with van der Waals surface area (Å²) in [4.78, 5) is 18.0. The second-order valence-electron chi connectivity index (χ2n) is 9.37. The lowest BCUT2D eigenvalue weighted by molar-refractivity contribution is 0.250. The van der Waals surface area contributed by atoms with E-state index in [9.17, 15) is 4.79 Å². The molecule has 0 atom stereocenters. The minimum absolute atomic E-state index is 0.0983. The molecule has 0 bridgehead atoms. The van der Waals surface area contributed by atoms with E-state index in [-0.39, 0.29) is 5.56 Å². The molecule has 0 N–H and O–H groups in total. The van der Waals surface area contributed by atoms with Gasteiger partial charge in [0, 0.05) is 49.2 Å². The maximum absolute atomic E-state index is 13.0. The predicted octanol–water partition coefficient (Wildman–Crippen LogP) is 4.18. The molecule has 1 aromatic heterocycles. The van der Waals surface area contributed by atoms with Gasteiger partial charge in [-0.3, -0.25) is 9.69 Å². The molecule has 2 heterocycles. The van der Waals surface area contributed by atoms with Crippen molar-refractivity contribution in [3.05, 3.63) is 65.1 Å². The number of unbranched alkanes of at least 4 members (excludes halogenated alkanes) is 1. The van der Waals surface area contributed by atoms with Crippen LogP contribution in [0.1, 0.15) is 12.8 Å². The number of nitrogens with zero attached hydrogens (tertiary/aromatic N) is 4. The van der Waals surface area contributed by atoms with Crippen LogP contribution in [0.15, 0.2) is 59.5 Å². The van der Waals surface area contributed by atoms with Gasteiger partial charge in [0.1, 0.15) is 5.75 Å². The number of rotatable bonds is 9. The molecular weight excluding hydrogens is 468 g/mol. The molecule has 1 saturated heterocycles. The number of piperazine rings is 1. The molecule has 0 unspecified atom stereocenters. The van der Waals surface area contributed by atoms with Crippen LogP contribution in [0.3, 0.4) is 0 Å². The Kier molecular flexibility index (Phi) is 7.46. The average molecular weight is 503 g/mol. The molecule has 8 nitrogen and oxygen atoms in total. The molecule has 0 spiro atoms. The van der Waals surface area contributed by atoms with E-state index in [1.807, 2.05) is 6.07 Å². The van der Waals surface area contributed by atoms with Crippen LogP contribution in [0.25, 0.3) is 21.5 Å². The van der Waals surface area contributed by atoms with E-state index >= 15 is 0 Å². The summed E-state index contributed by atoms with van der Waals surface area (Å²) in [5.41, 5.74) is 1.17. The molecule has 0 amide bonds. The van der Waals surface area contributed by atoms with E-state index < -0.39 is 0 Å². The van der Waals surface area contributed by atoms with Crippen LogP contribution in [0.4, 0.5) is 5.69 Å². The van der Waals surface area contributed by atoms with Crippen LogP contribution in [-0.2, 0) is 6.54 Å². The number of ether oxygens (including phenoxy) is 3. The van der Waals surface area contributed by atoms with Crippen LogP contribution in [0.2, 0.25) is 0 Å². The first-order valence-electron chi connectivity index (χ1n) is 12.8. The fourth-order valence-corrected chi connectivity index (χ4v) is 5.12. The molecule has 0 aliphatic carbocycles. The quantitative estimate of drug-likeness (QED) is 0.318. The van der Waals surface area contributed by atoms with Gasteiger partial charge in [0.15, 0.2) is 11.5 Å². The Morgan fingerprint density at radius 2 is 1.54 bits per heavy atom. The number of fused-ring (bicyclic) bond motifs is 2. The zero-order valence-electron chi connectivity index (χ0n) is 21.8. The molecule has 1 fully saturated rings. The van der Waals surface area contributed by atoms with Gasteiger partial charge < -0.3 is 19.1 Å². The van der Waals surface area contributed by atoms with Gasteiger partial charge in [-0.05, 0) is 55.1 Å². The van der Waals surface area contributed by atoms with Crippen LogP contribution in [-0.4, -0.2) is 68.7 Å². The normalized spacial score (nSPS) is 14.3. The number of hydrogen-bond acceptors (Lipinski definition) is 7. The monoisotopic (exact) mass is 502 g/mol. The number of benzene rings is 3. The van der Waals surface area contributed by atoms with Crippen molar-refractivity contribution >= 4 is 27.2 Å². The topological polar surface area (TPSA) is 69.1 Å². The molecule has 5 rings (SSSR count). The highest BCUT2D eigenvalue weighted by Crippen LogP contribution is 2.31. The van der Waals surface area contributed by atoms with Crippen molar-refractivity contribution in [1.29, 1.82) is 0 Å². The summed E-state index contributed by atoms with van der Waals surface area (Å²) in [5.74, 6) is 2.03. The zero-order chi connectivity index (χ0) is 25.8. The van der Waals surface area contributed by atoms with Crippen molar-refractivity contribution in [2.24, 2.45) is 0 Å². The summed E-state index contributed by atoms with van der Waals surface area (Å²) in [6.45, 7) is 5.65. The second-order valence-corrected chi connectivity index (χ2v) is 9.37. The van der Waals surface area contributed by atoms with Gasteiger partial charge in [0.25, 0.3) is 5.56 Å². The van der Waals surface area contributed by atoms with Gasteiger partial charge in [-0.15, -0.1) is 0 Å². The summed E-state index contributed by atoms with van der Waals surface area (Å²) in [7, 11) is 4.87. The van der Waals surface area contributed by atoms with Crippen molar-refractivity contribution in [1.82, 2.24) is 14.7 Å². The molecule has 1 aliphatic heterocycles. The molecule has 0 radical (unpaired) electrons. The minimum atomic E-state index is -0.0983. The number of hydrogen-bond donors (Lipinski definition) is 0. The van der Waals surface area contributed by atoms with Crippen molar-refractivity contribution in [3.63, 3.8) is 0 Å². The minimum Gasteiger partial charge on any atom is -0.497 e. The van der Waals surface area contributed by atoms with Gasteiger partial charge in [0.05, 0.1) is 32.9 Å². The maximum Gasteiger partial charge on any atom is 0.274 e. The lowest BCUT2D eigenvalue weighted by atomic mass is 10.1. The van der Waals surface area contributed by atoms with Gasteiger partial charge in [-0.1, -0.05) is 18.2 Å². The zero-order valence-corrected chi connectivity index (χ0v) is 21.8. The third-order valence-electron chi connectivity index (χ3n) is 7.23. The summed E-state index contributed by atoms with van der Waals surface area (Å²) in [6, 6.07) is 16.3. The van der Waals surface area contributed by atoms with Gasteiger partial charge in [0.2, 0.25) is 0 Å². The lowest BCUT2D eigenvalue weighted by Crippen LogP contribution is -2.46. The van der Waals surface area contributed by atoms with Crippen LogP contribution in [0.5, 0.6) is 17.2 Å². The molecule has 8 heteroatoms. The van der Waals surface area contributed by atoms with E-state index in [2.05, 4.69) is 45.2 Å². The Morgan fingerprint density at radius 1 is 0.784 bits per heavy atom. The Labute approximate surface area is 216 Å². The fourth-order valence-electron chi connectivity index (χ4n) is 5.12. The van der Waals surface area contributed by atoms with E-state index in [1.165, 1.54) is 16.5 Å². The standard InChI is InChI=1S/C29H34N4O4/c1-35-23-10-9-21-7-6-8-26(24(21)18-23)32-15-13-31(14-16-32)11-4-5-12-33-29(34)25-19-28(37-3)27(36-2)17-22(25)20-30-33/h6-10,17-20H,4-5,11-16H2,1-3H3. The summed E-state index contributed by atoms with van der Waals surface area (Å²) < 4.78 is 17.7. The number of aromatic nitrogens is 2. The Bertz CT molecular complexity index is 1440. The molecule has 3 aromatic carbocycles. The Balaban J connectivity index is 1.15. The number of aryl methyl sites for hydroxylation is 1. The third-order valence-corrected chi connectivity index (χ3v) is 7.23. The SMILES string of the molecule is COc1ccc2cccc(N3CCN(CCCCn4ncc5cc(OC)c(OC)cc5c4=O)CC3)c2c1. The first-order chi connectivity index (χ1) is 18.1. The Hall–Kier alpha value is -3.78. The largest absolute Gasteiger partial charge is 0.497 e. The molecule has 1 aliphatic rings. The molecule has 37 heavy (non-hydrogen) atoms. The van der Waals surface area contributed by atoms with Gasteiger partial charge >= 0.3 is 0 Å². The van der Waals surface area contributed by atoms with E-state index in [4.69, 9.17) is 14.2 Å². The highest BCUT2D eigenvalue weighted by Gasteiger charge is 2.19. The summed E-state index contributed by atoms with van der Waals surface area (Å²) in [5, 5.41) is 8.19. The molecule has 4 aromatic rings. The first kappa shape index (κ1) is 24.9. The number of anilines is 1. The number of methoxy groups -OCH3 is 3. The highest BCUT2D eigenvalue weighted by atomic mass is 16.5. The predicted molar refractivity (Wildman–Crippen MR) is 147 cm³/mol. The van der Waals surface area contributed by atoms with Crippen LogP contribution >= 0.6 is 0 Å². The summed E-state index contributed by atoms with van der Waals surface area (Å²) >= 11 is 0. The summed E-state index contributed by atoms with van der Waals surface area (Å²) in [6.07, 6.45) is 3.64. The van der Waals surface area contributed by atoms with Crippen LogP contribution in [0, 0.1) is 0 Å². The van der Waals surface area contributed by atoms with E-state index in [0.29, 0.717) is 23.4 Å². The lowest BCUT2D eigenvalue weighted by Gasteiger charge is -2.36. The Morgan fingerprint density at radius 3 is 2.30 bits per heavy atom. The smallest absolute Gasteiger partial charge is 0.274 e. The molecular formula is C29H34N4O4. The fraction of sp³-hybridized carbons (Fsp3) is 0.379. The van der Waals surface area contributed by atoms with Crippen molar-refractivity contribution < 1.29 is 14.2 Å². The van der Waals surface area contributed by atoms with Gasteiger partial charge in [-0.25, -0.2) is 4.68 Å². The highest BCUT2D eigenvalue weighted by molar-refractivity contribution is 5.95.